The van der Waals surface area contributed by atoms with Crippen LogP contribution in [0, 0.1) is 0 Å². The molecule has 1 fully saturated rings. The van der Waals surface area contributed by atoms with Crippen molar-refractivity contribution >= 4 is 23.5 Å². The Bertz CT molecular complexity index is 1230. The Morgan fingerprint density at radius 3 is 2.56 bits per heavy atom. The molecule has 2 aliphatic heterocycles. The summed E-state index contributed by atoms with van der Waals surface area (Å²) in [5, 5.41) is 3.00. The van der Waals surface area contributed by atoms with Gasteiger partial charge in [0.1, 0.15) is 5.41 Å². The summed E-state index contributed by atoms with van der Waals surface area (Å²) in [6, 6.07) is 17.3. The Labute approximate surface area is 185 Å². The van der Waals surface area contributed by atoms with Gasteiger partial charge in [0.05, 0.1) is 24.3 Å². The minimum absolute atomic E-state index is 0.135. The number of ether oxygens (including phenoxy) is 1. The largest absolute Gasteiger partial charge is 0.465 e. The van der Waals surface area contributed by atoms with Gasteiger partial charge in [-0.15, -0.1) is 0 Å². The van der Waals surface area contributed by atoms with Crippen molar-refractivity contribution in [1.82, 2.24) is 9.88 Å². The first-order valence-electron chi connectivity index (χ1n) is 10.4. The van der Waals surface area contributed by atoms with Gasteiger partial charge in [-0.25, -0.2) is 4.79 Å². The van der Waals surface area contributed by atoms with Gasteiger partial charge in [0, 0.05) is 24.6 Å². The highest BCUT2D eigenvalue weighted by molar-refractivity contribution is 6.09. The van der Waals surface area contributed by atoms with E-state index in [9.17, 15) is 14.4 Å². The molecule has 2 aliphatic rings. The van der Waals surface area contributed by atoms with Crippen LogP contribution in [0.15, 0.2) is 73.1 Å². The van der Waals surface area contributed by atoms with E-state index in [1.807, 2.05) is 30.3 Å². The van der Waals surface area contributed by atoms with Gasteiger partial charge in [0.25, 0.3) is 5.91 Å². The van der Waals surface area contributed by atoms with Crippen molar-refractivity contribution < 1.29 is 19.1 Å². The summed E-state index contributed by atoms with van der Waals surface area (Å²) in [7, 11) is 1.28. The van der Waals surface area contributed by atoms with E-state index in [0.717, 1.165) is 16.8 Å². The number of nitrogens with zero attached hydrogens (tertiary/aromatic N) is 2. The molecule has 32 heavy (non-hydrogen) atoms. The first-order valence-corrected chi connectivity index (χ1v) is 10.4. The molecule has 2 amide bonds. The number of likely N-dealkylation sites (tertiary alicyclic amines) is 1. The zero-order chi connectivity index (χ0) is 22.3. The van der Waals surface area contributed by atoms with Crippen LogP contribution in [0.3, 0.4) is 0 Å². The van der Waals surface area contributed by atoms with Gasteiger partial charge in [0.2, 0.25) is 5.91 Å². The van der Waals surface area contributed by atoms with Crippen molar-refractivity contribution in [1.29, 1.82) is 0 Å². The fourth-order valence-electron chi connectivity index (χ4n) is 5.02. The standard InChI is InChI=1S/C25H21N3O4/c1-32-23(30)18-9-3-2-8-17(18)22(29)28-14-12-25(21(28)16-7-6-13-26-15-16)19-10-4-5-11-20(19)27-24(25)31/h2-11,13,15,21H,12,14H2,1H3,(H,27,31). The molecule has 5 rings (SSSR count). The first-order chi connectivity index (χ1) is 15.6. The Balaban J connectivity index is 1.66. The molecule has 0 aliphatic carbocycles. The van der Waals surface area contributed by atoms with Crippen molar-refractivity contribution in [2.45, 2.75) is 17.9 Å². The minimum atomic E-state index is -0.935. The number of methoxy groups -OCH3 is 1. The number of hydrogen-bond acceptors (Lipinski definition) is 5. The molecule has 7 nitrogen and oxygen atoms in total. The summed E-state index contributed by atoms with van der Waals surface area (Å²) in [5.74, 6) is -1.04. The predicted octanol–water partition coefficient (Wildman–Crippen LogP) is 3.35. The van der Waals surface area contributed by atoms with Gasteiger partial charge in [-0.1, -0.05) is 36.4 Å². The quantitative estimate of drug-likeness (QED) is 0.648. The number of para-hydroxylation sites is 1. The summed E-state index contributed by atoms with van der Waals surface area (Å²) in [6.45, 7) is 0.357. The van der Waals surface area contributed by atoms with Crippen molar-refractivity contribution in [2.24, 2.45) is 0 Å². The molecule has 1 saturated heterocycles. The number of carbonyl (C=O) groups is 3. The second kappa shape index (κ2) is 7.60. The molecule has 2 unspecified atom stereocenters. The van der Waals surface area contributed by atoms with Crippen LogP contribution in [0.5, 0.6) is 0 Å². The van der Waals surface area contributed by atoms with Gasteiger partial charge in [-0.3, -0.25) is 14.6 Å². The molecular weight excluding hydrogens is 406 g/mol. The monoisotopic (exact) mass is 427 g/mol. The topological polar surface area (TPSA) is 88.6 Å². The van der Waals surface area contributed by atoms with Gasteiger partial charge in [-0.05, 0) is 41.8 Å². The van der Waals surface area contributed by atoms with Crippen LogP contribution in [0.2, 0.25) is 0 Å². The average Bonchev–Trinajstić information content (AvgIpc) is 3.38. The number of fused-ring (bicyclic) bond motifs is 2. The van der Waals surface area contributed by atoms with Crippen LogP contribution in [0.1, 0.15) is 44.3 Å². The Morgan fingerprint density at radius 2 is 1.81 bits per heavy atom. The SMILES string of the molecule is COC(=O)c1ccccc1C(=O)N1CCC2(C(=O)Nc3ccccc32)C1c1cccnc1. The van der Waals surface area contributed by atoms with Crippen molar-refractivity contribution in [3.63, 3.8) is 0 Å². The smallest absolute Gasteiger partial charge is 0.338 e. The molecule has 0 saturated carbocycles. The second-order valence-corrected chi connectivity index (χ2v) is 7.95. The Morgan fingerprint density at radius 1 is 1.06 bits per heavy atom. The van der Waals surface area contributed by atoms with E-state index in [2.05, 4.69) is 10.3 Å². The summed E-state index contributed by atoms with van der Waals surface area (Å²) >= 11 is 0. The molecule has 0 bridgehead atoms. The molecule has 2 atom stereocenters. The van der Waals surface area contributed by atoms with Gasteiger partial charge in [-0.2, -0.15) is 0 Å². The van der Waals surface area contributed by atoms with Crippen molar-refractivity contribution in [3.05, 3.63) is 95.3 Å². The molecule has 3 heterocycles. The third-order valence-corrected chi connectivity index (χ3v) is 6.41. The van der Waals surface area contributed by atoms with E-state index in [0.29, 0.717) is 13.0 Å². The maximum absolute atomic E-state index is 13.8. The lowest BCUT2D eigenvalue weighted by Gasteiger charge is -2.34. The minimum Gasteiger partial charge on any atom is -0.465 e. The molecule has 1 aromatic heterocycles. The third kappa shape index (κ3) is 2.81. The fourth-order valence-corrected chi connectivity index (χ4v) is 5.02. The van der Waals surface area contributed by atoms with Crippen LogP contribution in [0.4, 0.5) is 5.69 Å². The predicted molar refractivity (Wildman–Crippen MR) is 117 cm³/mol. The lowest BCUT2D eigenvalue weighted by Crippen LogP contribution is -2.43. The highest BCUT2D eigenvalue weighted by Crippen LogP contribution is 2.54. The first kappa shape index (κ1) is 19.9. The van der Waals surface area contributed by atoms with E-state index < -0.39 is 17.4 Å². The molecule has 1 N–H and O–H groups in total. The maximum Gasteiger partial charge on any atom is 0.338 e. The number of anilines is 1. The third-order valence-electron chi connectivity index (χ3n) is 6.41. The number of benzene rings is 2. The molecule has 1 spiro atoms. The van der Waals surface area contributed by atoms with Crippen molar-refractivity contribution in [3.8, 4) is 0 Å². The number of carbonyl (C=O) groups excluding carboxylic acids is 3. The molecule has 2 aromatic carbocycles. The summed E-state index contributed by atoms with van der Waals surface area (Å²) < 4.78 is 4.87. The second-order valence-electron chi connectivity index (χ2n) is 7.95. The van der Waals surface area contributed by atoms with Crippen LogP contribution in [-0.2, 0) is 14.9 Å². The molecule has 7 heteroatoms. The normalized spacial score (nSPS) is 21.3. The highest BCUT2D eigenvalue weighted by atomic mass is 16.5. The van der Waals surface area contributed by atoms with Gasteiger partial charge < -0.3 is 15.0 Å². The van der Waals surface area contributed by atoms with Crippen LogP contribution < -0.4 is 5.32 Å². The number of esters is 1. The molecule has 3 aromatic rings. The summed E-state index contributed by atoms with van der Waals surface area (Å²) in [5.41, 5.74) is 1.90. The zero-order valence-electron chi connectivity index (χ0n) is 17.4. The lowest BCUT2D eigenvalue weighted by molar-refractivity contribution is -0.121. The van der Waals surface area contributed by atoms with E-state index in [1.54, 1.807) is 47.6 Å². The van der Waals surface area contributed by atoms with E-state index in [-0.39, 0.29) is 22.9 Å². The average molecular weight is 427 g/mol. The maximum atomic E-state index is 13.8. The fraction of sp³-hybridized carbons (Fsp3) is 0.200. The van der Waals surface area contributed by atoms with E-state index >= 15 is 0 Å². The van der Waals surface area contributed by atoms with Gasteiger partial charge in [0.15, 0.2) is 0 Å². The summed E-state index contributed by atoms with van der Waals surface area (Å²) in [4.78, 5) is 45.4. The van der Waals surface area contributed by atoms with E-state index in [1.165, 1.54) is 7.11 Å². The molecular formula is C25H21N3O4. The highest BCUT2D eigenvalue weighted by Gasteiger charge is 2.59. The number of rotatable bonds is 3. The van der Waals surface area contributed by atoms with Crippen molar-refractivity contribution in [2.75, 3.05) is 19.0 Å². The number of hydrogen-bond donors (Lipinski definition) is 1. The molecule has 0 radical (unpaired) electrons. The van der Waals surface area contributed by atoms with Crippen LogP contribution >= 0.6 is 0 Å². The lowest BCUT2D eigenvalue weighted by atomic mass is 9.73. The van der Waals surface area contributed by atoms with Gasteiger partial charge >= 0.3 is 5.97 Å². The number of pyridine rings is 1. The number of nitrogens with one attached hydrogen (secondary N) is 1. The number of aromatic nitrogens is 1. The van der Waals surface area contributed by atoms with Crippen LogP contribution in [0.25, 0.3) is 0 Å². The van der Waals surface area contributed by atoms with E-state index in [4.69, 9.17) is 4.74 Å². The summed E-state index contributed by atoms with van der Waals surface area (Å²) in [6.07, 6.45) is 3.81. The Hall–Kier alpha value is -4.00. The van der Waals surface area contributed by atoms with Crippen LogP contribution in [-0.4, -0.2) is 41.3 Å². The number of amides is 2. The Kier molecular flexibility index (Phi) is 4.74. The zero-order valence-corrected chi connectivity index (χ0v) is 17.4. The molecule has 160 valence electrons.